The average molecular weight is 653 g/mol. The van der Waals surface area contributed by atoms with E-state index in [-0.39, 0.29) is 44.4 Å². The Kier molecular flexibility index (Phi) is 11.8. The first kappa shape index (κ1) is 32.5. The molecule has 0 bridgehead atoms. The minimum Gasteiger partial charge on any atom is -0.465 e. The van der Waals surface area contributed by atoms with Gasteiger partial charge in [-0.25, -0.2) is 9.48 Å². The number of carboxylic acid groups (broad SMARTS) is 1. The van der Waals surface area contributed by atoms with Crippen LogP contribution in [0, 0.1) is 0 Å². The van der Waals surface area contributed by atoms with Gasteiger partial charge >= 0.3 is 6.09 Å². The van der Waals surface area contributed by atoms with Crippen molar-refractivity contribution in [3.8, 4) is 11.1 Å². The van der Waals surface area contributed by atoms with Gasteiger partial charge in [0.2, 0.25) is 5.91 Å². The molecule has 4 heterocycles. The van der Waals surface area contributed by atoms with E-state index in [9.17, 15) is 9.59 Å². The maximum Gasteiger partial charge on any atom is 0.404 e. The zero-order valence-corrected chi connectivity index (χ0v) is 26.1. The molecule has 3 aromatic rings. The Morgan fingerprint density at radius 2 is 1.82 bits per heavy atom. The van der Waals surface area contributed by atoms with Crippen LogP contribution in [0.4, 0.5) is 4.79 Å². The summed E-state index contributed by atoms with van der Waals surface area (Å²) in [7, 11) is 0. The number of rotatable bonds is 15. The summed E-state index contributed by atoms with van der Waals surface area (Å²) in [6.07, 6.45) is 7.79. The van der Waals surface area contributed by atoms with Gasteiger partial charge in [-0.2, -0.15) is 5.10 Å². The third kappa shape index (κ3) is 8.23. The lowest BCUT2D eigenvalue weighted by molar-refractivity contribution is -0.123. The van der Waals surface area contributed by atoms with Crippen molar-refractivity contribution in [3.05, 3.63) is 40.3 Å². The molecule has 240 valence electrons. The third-order valence-electron chi connectivity index (χ3n) is 7.80. The number of nitrogens with one attached hydrogen (secondary N) is 2. The van der Waals surface area contributed by atoms with Crippen molar-refractivity contribution in [1.82, 2.24) is 25.0 Å². The van der Waals surface area contributed by atoms with Crippen LogP contribution in [0.25, 0.3) is 22.0 Å². The molecule has 5 rings (SSSR count). The van der Waals surface area contributed by atoms with E-state index in [4.69, 9.17) is 47.3 Å². The SMILES string of the molecule is O=C(O)NCCOCCOCCOCCC(=O)NC1CCc2c(-c3cnn(C4CCCCO4)c3)c3ccc(Cl)c(Cl)c3n2C1. The molecule has 0 spiro atoms. The second-order valence-corrected chi connectivity index (χ2v) is 11.6. The van der Waals surface area contributed by atoms with Gasteiger partial charge in [-0.3, -0.25) is 4.79 Å². The zero-order chi connectivity index (χ0) is 30.9. The summed E-state index contributed by atoms with van der Waals surface area (Å²) in [5.41, 5.74) is 4.14. The number of halogens is 2. The highest BCUT2D eigenvalue weighted by Gasteiger charge is 2.29. The first-order valence-electron chi connectivity index (χ1n) is 15.1. The number of benzene rings is 1. The van der Waals surface area contributed by atoms with Gasteiger partial charge in [0.15, 0.2) is 0 Å². The number of carbonyl (C=O) groups excluding carboxylic acids is 1. The average Bonchev–Trinajstić information content (AvgIpc) is 3.63. The van der Waals surface area contributed by atoms with Crippen LogP contribution in [-0.4, -0.2) is 90.3 Å². The fourth-order valence-corrected chi connectivity index (χ4v) is 6.17. The minimum atomic E-state index is -1.08. The highest BCUT2D eigenvalue weighted by Crippen LogP contribution is 2.43. The van der Waals surface area contributed by atoms with E-state index in [1.807, 2.05) is 23.0 Å². The molecule has 2 aliphatic heterocycles. The van der Waals surface area contributed by atoms with Gasteiger partial charge in [0.25, 0.3) is 0 Å². The topological polar surface area (TPSA) is 138 Å². The van der Waals surface area contributed by atoms with Crippen LogP contribution in [0.3, 0.4) is 0 Å². The molecule has 2 aromatic heterocycles. The Balaban J connectivity index is 1.12. The molecular formula is C30H39Cl2N5O7. The van der Waals surface area contributed by atoms with E-state index >= 15 is 0 Å². The summed E-state index contributed by atoms with van der Waals surface area (Å²) in [5, 5.41) is 20.5. The monoisotopic (exact) mass is 651 g/mol. The van der Waals surface area contributed by atoms with Crippen molar-refractivity contribution in [1.29, 1.82) is 0 Å². The van der Waals surface area contributed by atoms with Crippen LogP contribution in [0.2, 0.25) is 10.0 Å². The molecule has 2 unspecified atom stereocenters. The predicted molar refractivity (Wildman–Crippen MR) is 165 cm³/mol. The number of amides is 2. The standard InChI is InChI=1S/C30H39Cl2N5O7/c31-23-6-5-22-27(20-17-34-37(18-20)26-3-1-2-10-44-26)24-7-4-21(19-36(24)29(22)28(23)32)35-25(38)8-11-41-13-15-43-16-14-42-12-9-33-30(39)40/h5-6,17-18,21,26,33H,1-4,7-16,19H2,(H,35,38)(H,39,40). The molecule has 12 nitrogen and oxygen atoms in total. The summed E-state index contributed by atoms with van der Waals surface area (Å²) in [4.78, 5) is 23.1. The molecule has 0 saturated carbocycles. The van der Waals surface area contributed by atoms with Gasteiger partial charge in [-0.05, 0) is 38.2 Å². The summed E-state index contributed by atoms with van der Waals surface area (Å²) >= 11 is 13.2. The van der Waals surface area contributed by atoms with Crippen molar-refractivity contribution in [2.75, 3.05) is 52.8 Å². The van der Waals surface area contributed by atoms with Crippen molar-refractivity contribution < 1.29 is 33.6 Å². The molecule has 2 aliphatic rings. The first-order chi connectivity index (χ1) is 21.4. The second-order valence-electron chi connectivity index (χ2n) is 10.8. The quantitative estimate of drug-likeness (QED) is 0.202. The molecule has 0 radical (unpaired) electrons. The van der Waals surface area contributed by atoms with Gasteiger partial charge in [0.05, 0.1) is 61.4 Å². The Hall–Kier alpha value is -2.87. The third-order valence-corrected chi connectivity index (χ3v) is 8.60. The lowest BCUT2D eigenvalue weighted by Crippen LogP contribution is -2.41. The highest BCUT2D eigenvalue weighted by molar-refractivity contribution is 6.45. The summed E-state index contributed by atoms with van der Waals surface area (Å²) in [5.74, 6) is -0.0719. The van der Waals surface area contributed by atoms with Crippen molar-refractivity contribution in [2.24, 2.45) is 0 Å². The lowest BCUT2D eigenvalue weighted by Gasteiger charge is -2.27. The number of hydrogen-bond donors (Lipinski definition) is 3. The maximum atomic E-state index is 12.7. The summed E-state index contributed by atoms with van der Waals surface area (Å²) in [6, 6.07) is 3.79. The van der Waals surface area contributed by atoms with E-state index in [0.717, 1.165) is 66.4 Å². The number of fused-ring (bicyclic) bond motifs is 3. The lowest BCUT2D eigenvalue weighted by atomic mass is 9.99. The van der Waals surface area contributed by atoms with Crippen molar-refractivity contribution in [2.45, 2.75) is 57.3 Å². The van der Waals surface area contributed by atoms with Gasteiger partial charge < -0.3 is 39.3 Å². The maximum absolute atomic E-state index is 12.7. The molecule has 1 saturated heterocycles. The van der Waals surface area contributed by atoms with Crippen LogP contribution in [-0.2, 0) is 36.7 Å². The molecular weight excluding hydrogens is 613 g/mol. The van der Waals surface area contributed by atoms with Crippen LogP contribution >= 0.6 is 23.2 Å². The van der Waals surface area contributed by atoms with Gasteiger partial charge in [0.1, 0.15) is 6.23 Å². The van der Waals surface area contributed by atoms with Crippen LogP contribution in [0.1, 0.15) is 44.0 Å². The molecule has 3 N–H and O–H groups in total. The number of aromatic nitrogens is 3. The highest BCUT2D eigenvalue weighted by atomic mass is 35.5. The van der Waals surface area contributed by atoms with Crippen molar-refractivity contribution >= 4 is 46.1 Å². The van der Waals surface area contributed by atoms with Crippen molar-refractivity contribution in [3.63, 3.8) is 0 Å². The van der Waals surface area contributed by atoms with Gasteiger partial charge in [0, 0.05) is 60.6 Å². The Bertz CT molecular complexity index is 1420. The van der Waals surface area contributed by atoms with Gasteiger partial charge in [-0.15, -0.1) is 0 Å². The summed E-state index contributed by atoms with van der Waals surface area (Å²) < 4.78 is 26.3. The Morgan fingerprint density at radius 3 is 2.57 bits per heavy atom. The Labute approximate surface area is 265 Å². The largest absolute Gasteiger partial charge is 0.465 e. The number of hydrogen-bond acceptors (Lipinski definition) is 7. The number of ether oxygens (including phenoxy) is 4. The fraction of sp³-hybridized carbons (Fsp3) is 0.567. The molecule has 1 fully saturated rings. The number of carbonyl (C=O) groups is 2. The van der Waals surface area contributed by atoms with E-state index < -0.39 is 6.09 Å². The first-order valence-corrected chi connectivity index (χ1v) is 15.8. The second kappa shape index (κ2) is 15.9. The zero-order valence-electron chi connectivity index (χ0n) is 24.6. The number of nitrogens with zero attached hydrogens (tertiary/aromatic N) is 3. The van der Waals surface area contributed by atoms with E-state index in [2.05, 4.69) is 26.5 Å². The predicted octanol–water partition coefficient (Wildman–Crippen LogP) is 4.65. The molecule has 0 aliphatic carbocycles. The normalized spacial score (nSPS) is 18.3. The van der Waals surface area contributed by atoms with E-state index in [0.29, 0.717) is 43.0 Å². The van der Waals surface area contributed by atoms with Crippen LogP contribution in [0.15, 0.2) is 24.5 Å². The Morgan fingerprint density at radius 1 is 1.05 bits per heavy atom. The molecule has 44 heavy (non-hydrogen) atoms. The minimum absolute atomic E-state index is 0.0445. The smallest absolute Gasteiger partial charge is 0.404 e. The summed E-state index contributed by atoms with van der Waals surface area (Å²) in [6.45, 7) is 3.62. The fourth-order valence-electron chi connectivity index (χ4n) is 5.75. The molecule has 14 heteroatoms. The van der Waals surface area contributed by atoms with Crippen LogP contribution in [0.5, 0.6) is 0 Å². The molecule has 1 aromatic carbocycles. The van der Waals surface area contributed by atoms with E-state index in [1.165, 1.54) is 0 Å². The van der Waals surface area contributed by atoms with Crippen LogP contribution < -0.4 is 10.6 Å². The molecule has 2 atom stereocenters. The molecule has 2 amide bonds. The van der Waals surface area contributed by atoms with Gasteiger partial charge in [-0.1, -0.05) is 29.3 Å². The van der Waals surface area contributed by atoms with E-state index in [1.54, 1.807) is 0 Å².